The molecule has 0 N–H and O–H groups in total. The van der Waals surface area contributed by atoms with Gasteiger partial charge in [-0.25, -0.2) is 4.98 Å². The molecule has 0 amide bonds. The van der Waals surface area contributed by atoms with E-state index in [2.05, 4.69) is 42.4 Å². The molecule has 2 aromatic heterocycles. The molecule has 0 aromatic carbocycles. The van der Waals surface area contributed by atoms with Crippen LogP contribution in [0.1, 0.15) is 69.9 Å². The Morgan fingerprint density at radius 2 is 2.00 bits per heavy atom. The molecule has 0 aliphatic heterocycles. The van der Waals surface area contributed by atoms with Gasteiger partial charge in [-0.15, -0.1) is 0 Å². The van der Waals surface area contributed by atoms with Crippen LogP contribution in [0, 0.1) is 5.41 Å². The second-order valence-corrected chi connectivity index (χ2v) is 7.14. The summed E-state index contributed by atoms with van der Waals surface area (Å²) < 4.78 is 2.17. The quantitative estimate of drug-likeness (QED) is 0.769. The molecule has 1 aliphatic rings. The molecule has 108 valence electrons. The van der Waals surface area contributed by atoms with Crippen molar-refractivity contribution in [3.05, 3.63) is 35.9 Å². The number of aromatic nitrogens is 2. The van der Waals surface area contributed by atoms with E-state index in [1.807, 2.05) is 12.5 Å². The average molecular weight is 270 g/mol. The zero-order chi connectivity index (χ0) is 14.2. The molecule has 0 unspecified atom stereocenters. The summed E-state index contributed by atoms with van der Waals surface area (Å²) in [5.74, 6) is 0.581. The molecular formula is C18H26N2. The van der Waals surface area contributed by atoms with Crippen molar-refractivity contribution in [3.63, 3.8) is 0 Å². The molecule has 0 spiro atoms. The number of hydrogen-bond acceptors (Lipinski definition) is 1. The van der Waals surface area contributed by atoms with Crippen molar-refractivity contribution in [3.8, 4) is 0 Å². The second-order valence-electron chi connectivity index (χ2n) is 7.14. The third-order valence-corrected chi connectivity index (χ3v) is 5.02. The highest BCUT2D eigenvalue weighted by molar-refractivity contribution is 5.57. The van der Waals surface area contributed by atoms with Gasteiger partial charge in [0.2, 0.25) is 0 Å². The number of pyridine rings is 1. The van der Waals surface area contributed by atoms with E-state index in [-0.39, 0.29) is 0 Å². The van der Waals surface area contributed by atoms with Crippen molar-refractivity contribution in [1.29, 1.82) is 0 Å². The van der Waals surface area contributed by atoms with Crippen LogP contribution in [-0.4, -0.2) is 9.38 Å². The zero-order valence-electron chi connectivity index (χ0n) is 13.0. The van der Waals surface area contributed by atoms with Crippen molar-refractivity contribution in [1.82, 2.24) is 9.38 Å². The maximum atomic E-state index is 4.34. The monoisotopic (exact) mass is 270 g/mol. The van der Waals surface area contributed by atoms with Crippen LogP contribution >= 0.6 is 0 Å². The first kappa shape index (κ1) is 13.7. The molecule has 2 aromatic rings. The summed E-state index contributed by atoms with van der Waals surface area (Å²) in [7, 11) is 0. The molecule has 2 nitrogen and oxygen atoms in total. The lowest BCUT2D eigenvalue weighted by Crippen LogP contribution is -2.24. The molecule has 0 atom stereocenters. The highest BCUT2D eigenvalue weighted by atomic mass is 15.0. The zero-order valence-corrected chi connectivity index (χ0v) is 13.0. The number of rotatable bonds is 3. The van der Waals surface area contributed by atoms with Gasteiger partial charge >= 0.3 is 0 Å². The molecular weight excluding hydrogens is 244 g/mol. The number of imidazole rings is 1. The minimum Gasteiger partial charge on any atom is -0.306 e. The van der Waals surface area contributed by atoms with E-state index in [1.54, 1.807) is 0 Å². The molecule has 1 saturated carbocycles. The first-order valence-corrected chi connectivity index (χ1v) is 8.02. The van der Waals surface area contributed by atoms with Crippen LogP contribution in [0.15, 0.2) is 24.8 Å². The van der Waals surface area contributed by atoms with Gasteiger partial charge in [-0.2, -0.15) is 0 Å². The van der Waals surface area contributed by atoms with Crippen LogP contribution in [-0.2, 0) is 6.42 Å². The van der Waals surface area contributed by atoms with E-state index >= 15 is 0 Å². The maximum absolute atomic E-state index is 4.34. The third-order valence-electron chi connectivity index (χ3n) is 5.02. The number of fused-ring (bicyclic) bond motifs is 1. The number of nitrogens with zero attached hydrogens (tertiary/aromatic N) is 2. The second kappa shape index (κ2) is 5.23. The Labute approximate surface area is 122 Å². The first-order valence-electron chi connectivity index (χ1n) is 8.02. The molecule has 1 fully saturated rings. The summed E-state index contributed by atoms with van der Waals surface area (Å²) in [6.07, 6.45) is 14.3. The van der Waals surface area contributed by atoms with Crippen LogP contribution in [0.2, 0.25) is 0 Å². The van der Waals surface area contributed by atoms with Crippen molar-refractivity contribution in [2.75, 3.05) is 0 Å². The molecule has 0 saturated heterocycles. The van der Waals surface area contributed by atoms with E-state index in [0.717, 1.165) is 0 Å². The topological polar surface area (TPSA) is 17.3 Å². The van der Waals surface area contributed by atoms with Gasteiger partial charge in [-0.3, -0.25) is 0 Å². The summed E-state index contributed by atoms with van der Waals surface area (Å²) in [6.45, 7) is 7.08. The summed E-state index contributed by atoms with van der Waals surface area (Å²) >= 11 is 0. The lowest BCUT2D eigenvalue weighted by molar-refractivity contribution is 0.214. The summed E-state index contributed by atoms with van der Waals surface area (Å²) in [5, 5.41) is 0. The van der Waals surface area contributed by atoms with Crippen molar-refractivity contribution >= 4 is 5.52 Å². The Balaban J connectivity index is 2.03. The lowest BCUT2D eigenvalue weighted by Gasteiger charge is -2.34. The van der Waals surface area contributed by atoms with Crippen molar-refractivity contribution < 1.29 is 0 Å². The smallest absolute Gasteiger partial charge is 0.0992 e. The predicted octanol–water partition coefficient (Wildman–Crippen LogP) is 4.97. The Morgan fingerprint density at radius 3 is 2.70 bits per heavy atom. The molecule has 2 heterocycles. The van der Waals surface area contributed by atoms with Crippen molar-refractivity contribution in [2.45, 2.75) is 65.2 Å². The summed E-state index contributed by atoms with van der Waals surface area (Å²) in [6, 6.07) is 2.29. The van der Waals surface area contributed by atoms with Crippen LogP contribution in [0.25, 0.3) is 5.52 Å². The van der Waals surface area contributed by atoms with Crippen LogP contribution in [0.3, 0.4) is 0 Å². The van der Waals surface area contributed by atoms with Gasteiger partial charge < -0.3 is 4.40 Å². The summed E-state index contributed by atoms with van der Waals surface area (Å²) in [5.41, 5.74) is 4.82. The van der Waals surface area contributed by atoms with E-state index in [9.17, 15) is 0 Å². The fourth-order valence-electron chi connectivity index (χ4n) is 3.81. The molecule has 20 heavy (non-hydrogen) atoms. The van der Waals surface area contributed by atoms with Crippen molar-refractivity contribution in [2.24, 2.45) is 5.41 Å². The molecule has 2 heteroatoms. The minimum absolute atomic E-state index is 0.480. The van der Waals surface area contributed by atoms with Gasteiger partial charge in [0, 0.05) is 6.20 Å². The van der Waals surface area contributed by atoms with Crippen LogP contribution in [0.4, 0.5) is 0 Å². The Bertz CT molecular complexity index is 588. The number of hydrogen-bond donors (Lipinski definition) is 0. The van der Waals surface area contributed by atoms with Gasteiger partial charge in [0.05, 0.1) is 18.0 Å². The third kappa shape index (κ3) is 2.48. The maximum Gasteiger partial charge on any atom is 0.0992 e. The van der Waals surface area contributed by atoms with E-state index < -0.39 is 0 Å². The highest BCUT2D eigenvalue weighted by Gasteiger charge is 2.29. The van der Waals surface area contributed by atoms with E-state index in [1.165, 1.54) is 55.2 Å². The lowest BCUT2D eigenvalue weighted by atomic mass is 9.71. The molecule has 1 aliphatic carbocycles. The highest BCUT2D eigenvalue weighted by Crippen LogP contribution is 2.40. The van der Waals surface area contributed by atoms with E-state index in [4.69, 9.17) is 0 Å². The largest absolute Gasteiger partial charge is 0.306 e. The fraction of sp³-hybridized carbons (Fsp3) is 0.611. The molecule has 0 bridgehead atoms. The Hall–Kier alpha value is -1.31. The van der Waals surface area contributed by atoms with Gasteiger partial charge in [0.25, 0.3) is 0 Å². The van der Waals surface area contributed by atoms with Gasteiger partial charge in [0.1, 0.15) is 0 Å². The predicted molar refractivity (Wildman–Crippen MR) is 84.2 cm³/mol. The van der Waals surface area contributed by atoms with Crippen LogP contribution in [0.5, 0.6) is 0 Å². The standard InChI is InChI=1S/C18H26N2/c1-14(2)15-7-10-20-13-19-12-17(20)16(15)11-18(3)8-5-4-6-9-18/h7,10,12-14H,4-6,8-9,11H2,1-3H3. The fourth-order valence-corrected chi connectivity index (χ4v) is 3.81. The first-order chi connectivity index (χ1) is 9.59. The Kier molecular flexibility index (Phi) is 3.57. The Morgan fingerprint density at radius 1 is 1.25 bits per heavy atom. The average Bonchev–Trinajstić information content (AvgIpc) is 2.88. The van der Waals surface area contributed by atoms with Gasteiger partial charge in [-0.05, 0) is 47.8 Å². The van der Waals surface area contributed by atoms with Crippen LogP contribution < -0.4 is 0 Å². The molecule has 0 radical (unpaired) electrons. The molecule has 3 rings (SSSR count). The van der Waals surface area contributed by atoms with Gasteiger partial charge in [0.15, 0.2) is 0 Å². The summed E-state index contributed by atoms with van der Waals surface area (Å²) in [4.78, 5) is 4.34. The minimum atomic E-state index is 0.480. The SMILES string of the molecule is CC(C)c1ccn2cncc2c1CC1(C)CCCCC1. The van der Waals surface area contributed by atoms with E-state index in [0.29, 0.717) is 11.3 Å². The van der Waals surface area contributed by atoms with Gasteiger partial charge in [-0.1, -0.05) is 40.0 Å². The normalized spacial score (nSPS) is 18.8.